The molecule has 0 aliphatic carbocycles. The Morgan fingerprint density at radius 3 is 2.18 bits per heavy atom. The van der Waals surface area contributed by atoms with E-state index in [1.165, 1.54) is 19.2 Å². The van der Waals surface area contributed by atoms with Crippen molar-refractivity contribution in [2.24, 2.45) is 5.92 Å². The Balaban J connectivity index is 1.53. The third kappa shape index (κ3) is 6.22. The van der Waals surface area contributed by atoms with Crippen molar-refractivity contribution in [3.8, 4) is 11.5 Å². The lowest BCUT2D eigenvalue weighted by Crippen LogP contribution is -2.51. The largest absolute Gasteiger partial charge is 0.493 e. The number of hydrogen-bond donors (Lipinski definition) is 1. The summed E-state index contributed by atoms with van der Waals surface area (Å²) >= 11 is 0. The van der Waals surface area contributed by atoms with Gasteiger partial charge in [0, 0.05) is 31.7 Å². The minimum atomic E-state index is -0.298. The molecule has 0 saturated carbocycles. The minimum Gasteiger partial charge on any atom is -0.493 e. The Kier molecular flexibility index (Phi) is 8.27. The van der Waals surface area contributed by atoms with Gasteiger partial charge in [0.2, 0.25) is 5.91 Å². The first-order valence-electron chi connectivity index (χ1n) is 11.1. The summed E-state index contributed by atoms with van der Waals surface area (Å²) in [7, 11) is 3.09. The van der Waals surface area contributed by atoms with Crippen molar-refractivity contribution in [3.05, 3.63) is 59.4 Å². The van der Waals surface area contributed by atoms with Crippen molar-refractivity contribution in [1.82, 2.24) is 15.1 Å². The SMILES string of the molecule is COc1ccc(C(=O)N2CCN(CC(=O)NC(c3ccc(F)cc3)C(C)C)CC2)cc1OC. The van der Waals surface area contributed by atoms with Crippen LogP contribution >= 0.6 is 0 Å². The number of carbonyl (C=O) groups is 2. The average molecular weight is 458 g/mol. The molecule has 0 radical (unpaired) electrons. The van der Waals surface area contributed by atoms with Crippen LogP contribution in [0.4, 0.5) is 4.39 Å². The van der Waals surface area contributed by atoms with Crippen LogP contribution in [0.1, 0.15) is 35.8 Å². The number of amides is 2. The Morgan fingerprint density at radius 2 is 1.61 bits per heavy atom. The quantitative estimate of drug-likeness (QED) is 0.660. The monoisotopic (exact) mass is 457 g/mol. The van der Waals surface area contributed by atoms with Gasteiger partial charge in [-0.1, -0.05) is 26.0 Å². The van der Waals surface area contributed by atoms with Crippen molar-refractivity contribution in [3.63, 3.8) is 0 Å². The highest BCUT2D eigenvalue weighted by molar-refractivity contribution is 5.95. The van der Waals surface area contributed by atoms with E-state index in [0.29, 0.717) is 43.2 Å². The number of nitrogens with one attached hydrogen (secondary N) is 1. The van der Waals surface area contributed by atoms with Gasteiger partial charge in [-0.15, -0.1) is 0 Å². The summed E-state index contributed by atoms with van der Waals surface area (Å²) in [4.78, 5) is 29.4. The summed E-state index contributed by atoms with van der Waals surface area (Å²) in [5.41, 5.74) is 1.42. The number of rotatable bonds is 8. The fourth-order valence-corrected chi connectivity index (χ4v) is 3.99. The molecular formula is C25H32FN3O4. The zero-order valence-electron chi connectivity index (χ0n) is 19.6. The molecule has 0 aromatic heterocycles. The van der Waals surface area contributed by atoms with Gasteiger partial charge in [0.05, 0.1) is 26.8 Å². The van der Waals surface area contributed by atoms with Crippen molar-refractivity contribution in [2.45, 2.75) is 19.9 Å². The van der Waals surface area contributed by atoms with E-state index in [-0.39, 0.29) is 36.1 Å². The van der Waals surface area contributed by atoms with Gasteiger partial charge in [-0.3, -0.25) is 14.5 Å². The number of ether oxygens (including phenoxy) is 2. The molecule has 1 aliphatic rings. The van der Waals surface area contributed by atoms with Gasteiger partial charge < -0.3 is 19.7 Å². The number of halogens is 1. The maximum atomic E-state index is 13.3. The number of piperazine rings is 1. The molecule has 1 aliphatic heterocycles. The summed E-state index contributed by atoms with van der Waals surface area (Å²) in [6.07, 6.45) is 0. The topological polar surface area (TPSA) is 71.1 Å². The standard InChI is InChI=1S/C25H32FN3O4/c1-17(2)24(18-5-8-20(26)9-6-18)27-23(30)16-28-11-13-29(14-12-28)25(31)19-7-10-21(32-3)22(15-19)33-4/h5-10,15,17,24H,11-14,16H2,1-4H3,(H,27,30). The van der Waals surface area contributed by atoms with E-state index in [2.05, 4.69) is 5.32 Å². The molecule has 1 atom stereocenters. The second-order valence-corrected chi connectivity index (χ2v) is 8.48. The van der Waals surface area contributed by atoms with E-state index in [1.54, 1.807) is 42.3 Å². The highest BCUT2D eigenvalue weighted by Gasteiger charge is 2.25. The van der Waals surface area contributed by atoms with Gasteiger partial charge in [0.25, 0.3) is 5.91 Å². The smallest absolute Gasteiger partial charge is 0.254 e. The van der Waals surface area contributed by atoms with Crippen molar-refractivity contribution < 1.29 is 23.5 Å². The molecule has 2 amide bonds. The third-order valence-corrected chi connectivity index (χ3v) is 5.87. The fourth-order valence-electron chi connectivity index (χ4n) is 3.99. The van der Waals surface area contributed by atoms with Crippen LogP contribution < -0.4 is 14.8 Å². The van der Waals surface area contributed by atoms with Crippen LogP contribution in [-0.2, 0) is 4.79 Å². The Morgan fingerprint density at radius 1 is 0.970 bits per heavy atom. The Hall–Kier alpha value is -3.13. The molecule has 1 unspecified atom stereocenters. The number of benzene rings is 2. The Bertz CT molecular complexity index is 957. The van der Waals surface area contributed by atoms with Gasteiger partial charge in [0.1, 0.15) is 5.82 Å². The van der Waals surface area contributed by atoms with Crippen LogP contribution in [0.25, 0.3) is 0 Å². The molecule has 33 heavy (non-hydrogen) atoms. The number of hydrogen-bond acceptors (Lipinski definition) is 5. The average Bonchev–Trinajstić information content (AvgIpc) is 2.82. The van der Waals surface area contributed by atoms with Gasteiger partial charge >= 0.3 is 0 Å². The molecule has 2 aromatic rings. The van der Waals surface area contributed by atoms with E-state index in [0.717, 1.165) is 5.56 Å². The molecule has 1 saturated heterocycles. The molecule has 3 rings (SSSR count). The molecule has 178 valence electrons. The first-order valence-corrected chi connectivity index (χ1v) is 11.1. The lowest BCUT2D eigenvalue weighted by atomic mass is 9.96. The van der Waals surface area contributed by atoms with Crippen LogP contribution in [0.2, 0.25) is 0 Å². The zero-order valence-corrected chi connectivity index (χ0v) is 19.6. The van der Waals surface area contributed by atoms with Crippen LogP contribution in [0.5, 0.6) is 11.5 Å². The molecule has 1 N–H and O–H groups in total. The lowest BCUT2D eigenvalue weighted by molar-refractivity contribution is -0.123. The summed E-state index contributed by atoms with van der Waals surface area (Å²) in [5, 5.41) is 3.07. The highest BCUT2D eigenvalue weighted by Crippen LogP contribution is 2.28. The molecule has 1 heterocycles. The first kappa shape index (κ1) is 24.5. The van der Waals surface area contributed by atoms with Crippen LogP contribution in [-0.4, -0.2) is 68.6 Å². The normalized spacial score (nSPS) is 15.3. The second-order valence-electron chi connectivity index (χ2n) is 8.48. The number of methoxy groups -OCH3 is 2. The predicted octanol–water partition coefficient (Wildman–Crippen LogP) is 3.11. The maximum absolute atomic E-state index is 13.3. The Labute approximate surface area is 194 Å². The zero-order chi connectivity index (χ0) is 24.0. The second kappa shape index (κ2) is 11.1. The van der Waals surface area contributed by atoms with Crippen molar-refractivity contribution in [1.29, 1.82) is 0 Å². The third-order valence-electron chi connectivity index (χ3n) is 5.87. The number of carbonyl (C=O) groups excluding carboxylic acids is 2. The predicted molar refractivity (Wildman–Crippen MR) is 124 cm³/mol. The van der Waals surface area contributed by atoms with E-state index >= 15 is 0 Å². The van der Waals surface area contributed by atoms with Gasteiger partial charge in [-0.25, -0.2) is 4.39 Å². The summed E-state index contributed by atoms with van der Waals surface area (Å²) in [6, 6.07) is 11.2. The molecule has 1 fully saturated rings. The van der Waals surface area contributed by atoms with E-state index < -0.39 is 0 Å². The highest BCUT2D eigenvalue weighted by atomic mass is 19.1. The van der Waals surface area contributed by atoms with Crippen LogP contribution in [0.3, 0.4) is 0 Å². The maximum Gasteiger partial charge on any atom is 0.254 e. The van der Waals surface area contributed by atoms with Crippen molar-refractivity contribution in [2.75, 3.05) is 46.9 Å². The lowest BCUT2D eigenvalue weighted by Gasteiger charge is -2.35. The molecule has 2 aromatic carbocycles. The summed E-state index contributed by atoms with van der Waals surface area (Å²) in [5.74, 6) is 0.794. The fraction of sp³-hybridized carbons (Fsp3) is 0.440. The van der Waals surface area contributed by atoms with E-state index in [1.807, 2.05) is 18.7 Å². The molecule has 8 heteroatoms. The van der Waals surface area contributed by atoms with Gasteiger partial charge in [-0.05, 0) is 41.8 Å². The molecular weight excluding hydrogens is 425 g/mol. The molecule has 7 nitrogen and oxygen atoms in total. The molecule has 0 spiro atoms. The summed E-state index contributed by atoms with van der Waals surface area (Å²) in [6.45, 7) is 6.57. The first-order chi connectivity index (χ1) is 15.8. The van der Waals surface area contributed by atoms with E-state index in [4.69, 9.17) is 9.47 Å². The van der Waals surface area contributed by atoms with Gasteiger partial charge in [0.15, 0.2) is 11.5 Å². The van der Waals surface area contributed by atoms with Crippen molar-refractivity contribution >= 4 is 11.8 Å². The van der Waals surface area contributed by atoms with Crippen LogP contribution in [0.15, 0.2) is 42.5 Å². The molecule has 0 bridgehead atoms. The van der Waals surface area contributed by atoms with Gasteiger partial charge in [-0.2, -0.15) is 0 Å². The minimum absolute atomic E-state index is 0.0729. The number of nitrogens with zero attached hydrogens (tertiary/aromatic N) is 2. The van der Waals surface area contributed by atoms with E-state index in [9.17, 15) is 14.0 Å². The van der Waals surface area contributed by atoms with Crippen LogP contribution in [0, 0.1) is 11.7 Å². The summed E-state index contributed by atoms with van der Waals surface area (Å²) < 4.78 is 23.8.